The molecule has 5 heteroatoms. The third-order valence-corrected chi connectivity index (χ3v) is 4.00. The second-order valence-electron chi connectivity index (χ2n) is 5.87. The first-order valence-electron chi connectivity index (χ1n) is 8.06. The summed E-state index contributed by atoms with van der Waals surface area (Å²) in [4.78, 5) is 24.5. The van der Waals surface area contributed by atoms with E-state index in [4.69, 9.17) is 11.6 Å². The van der Waals surface area contributed by atoms with Crippen molar-refractivity contribution in [2.24, 2.45) is 0 Å². The molecule has 0 fully saturated rings. The van der Waals surface area contributed by atoms with Gasteiger partial charge >= 0.3 is 0 Å². The van der Waals surface area contributed by atoms with Gasteiger partial charge in [0.1, 0.15) is 0 Å². The van der Waals surface area contributed by atoms with Crippen molar-refractivity contribution in [3.63, 3.8) is 0 Å². The van der Waals surface area contributed by atoms with Gasteiger partial charge in [-0.15, -0.1) is 0 Å². The van der Waals surface area contributed by atoms with Gasteiger partial charge in [-0.1, -0.05) is 35.4 Å². The summed E-state index contributed by atoms with van der Waals surface area (Å²) in [6, 6.07) is 21.0. The van der Waals surface area contributed by atoms with Gasteiger partial charge in [-0.2, -0.15) is 0 Å². The Balaban J connectivity index is 1.66. The fraction of sp³-hybridized carbons (Fsp3) is 0.0476. The number of aryl methyl sites for hydroxylation is 1. The molecule has 3 rings (SSSR count). The molecular formula is C21H17ClN2O2. The van der Waals surface area contributed by atoms with Crippen LogP contribution < -0.4 is 10.6 Å². The van der Waals surface area contributed by atoms with Gasteiger partial charge in [0.25, 0.3) is 11.8 Å². The highest BCUT2D eigenvalue weighted by molar-refractivity contribution is 6.31. The Morgan fingerprint density at radius 1 is 0.731 bits per heavy atom. The van der Waals surface area contributed by atoms with E-state index in [1.165, 1.54) is 0 Å². The Morgan fingerprint density at radius 3 is 2.08 bits per heavy atom. The standard InChI is InChI=1S/C21H17ClN2O2/c1-14-4-2-5-16(12-14)21(26)23-18-10-8-15(9-11-18)20(25)24-19-7-3-6-17(22)13-19/h2-13H,1H3,(H,23,26)(H,24,25). The largest absolute Gasteiger partial charge is 0.322 e. The van der Waals surface area contributed by atoms with Crippen LogP contribution in [0.15, 0.2) is 72.8 Å². The SMILES string of the molecule is Cc1cccc(C(=O)Nc2ccc(C(=O)Nc3cccc(Cl)c3)cc2)c1. The highest BCUT2D eigenvalue weighted by Gasteiger charge is 2.09. The summed E-state index contributed by atoms with van der Waals surface area (Å²) in [5.41, 5.74) is 3.34. The first kappa shape index (κ1) is 17.7. The number of benzene rings is 3. The lowest BCUT2D eigenvalue weighted by molar-refractivity contribution is 0.102. The molecule has 0 aliphatic rings. The zero-order valence-corrected chi connectivity index (χ0v) is 14.9. The van der Waals surface area contributed by atoms with E-state index >= 15 is 0 Å². The van der Waals surface area contributed by atoms with Crippen LogP contribution in [0.2, 0.25) is 5.02 Å². The van der Waals surface area contributed by atoms with Gasteiger partial charge in [-0.25, -0.2) is 0 Å². The Bertz CT molecular complexity index is 952. The van der Waals surface area contributed by atoms with Crippen molar-refractivity contribution < 1.29 is 9.59 Å². The average Bonchev–Trinajstić information content (AvgIpc) is 2.62. The topological polar surface area (TPSA) is 58.2 Å². The quantitative estimate of drug-likeness (QED) is 0.672. The van der Waals surface area contributed by atoms with E-state index in [0.29, 0.717) is 27.5 Å². The summed E-state index contributed by atoms with van der Waals surface area (Å²) in [5, 5.41) is 6.15. The van der Waals surface area contributed by atoms with Gasteiger partial charge in [-0.05, 0) is 61.5 Å². The van der Waals surface area contributed by atoms with Gasteiger partial charge in [0.15, 0.2) is 0 Å². The van der Waals surface area contributed by atoms with Crippen molar-refractivity contribution in [1.29, 1.82) is 0 Å². The number of carbonyl (C=O) groups excluding carboxylic acids is 2. The van der Waals surface area contributed by atoms with E-state index in [0.717, 1.165) is 5.56 Å². The molecule has 3 aromatic rings. The molecule has 26 heavy (non-hydrogen) atoms. The lowest BCUT2D eigenvalue weighted by Crippen LogP contribution is -2.13. The van der Waals surface area contributed by atoms with Crippen LogP contribution in [0.25, 0.3) is 0 Å². The molecule has 0 heterocycles. The van der Waals surface area contributed by atoms with Gasteiger partial charge in [-0.3, -0.25) is 9.59 Å². The first-order chi connectivity index (χ1) is 12.5. The van der Waals surface area contributed by atoms with Crippen molar-refractivity contribution >= 4 is 34.8 Å². The maximum atomic E-state index is 12.3. The highest BCUT2D eigenvalue weighted by atomic mass is 35.5. The van der Waals surface area contributed by atoms with Crippen LogP contribution in [0.4, 0.5) is 11.4 Å². The Kier molecular flexibility index (Phi) is 5.34. The molecule has 0 atom stereocenters. The maximum absolute atomic E-state index is 12.3. The van der Waals surface area contributed by atoms with Gasteiger partial charge < -0.3 is 10.6 Å². The molecule has 4 nitrogen and oxygen atoms in total. The first-order valence-corrected chi connectivity index (χ1v) is 8.44. The number of hydrogen-bond acceptors (Lipinski definition) is 2. The zero-order valence-electron chi connectivity index (χ0n) is 14.1. The minimum Gasteiger partial charge on any atom is -0.322 e. The molecule has 0 spiro atoms. The fourth-order valence-corrected chi connectivity index (χ4v) is 2.65. The van der Waals surface area contributed by atoms with E-state index in [-0.39, 0.29) is 11.8 Å². The van der Waals surface area contributed by atoms with E-state index in [1.807, 2.05) is 25.1 Å². The van der Waals surface area contributed by atoms with Crippen molar-refractivity contribution in [2.75, 3.05) is 10.6 Å². The van der Waals surface area contributed by atoms with E-state index in [9.17, 15) is 9.59 Å². The van der Waals surface area contributed by atoms with Crippen LogP contribution in [0.3, 0.4) is 0 Å². The third-order valence-electron chi connectivity index (χ3n) is 3.77. The minimum absolute atomic E-state index is 0.190. The number of nitrogens with one attached hydrogen (secondary N) is 2. The Hall–Kier alpha value is -3.11. The molecular weight excluding hydrogens is 348 g/mol. The predicted octanol–water partition coefficient (Wildman–Crippen LogP) is 5.15. The second kappa shape index (κ2) is 7.85. The fourth-order valence-electron chi connectivity index (χ4n) is 2.46. The zero-order chi connectivity index (χ0) is 18.5. The number of anilines is 2. The Morgan fingerprint density at radius 2 is 1.38 bits per heavy atom. The summed E-state index contributed by atoms with van der Waals surface area (Å²) in [6.07, 6.45) is 0. The van der Waals surface area contributed by atoms with Gasteiger partial charge in [0.05, 0.1) is 0 Å². The smallest absolute Gasteiger partial charge is 0.255 e. The van der Waals surface area contributed by atoms with E-state index in [2.05, 4.69) is 10.6 Å². The molecule has 0 bridgehead atoms. The minimum atomic E-state index is -0.246. The van der Waals surface area contributed by atoms with E-state index in [1.54, 1.807) is 54.6 Å². The van der Waals surface area contributed by atoms with Crippen molar-refractivity contribution in [1.82, 2.24) is 0 Å². The Labute approximate surface area is 156 Å². The molecule has 0 saturated carbocycles. The number of rotatable bonds is 4. The van der Waals surface area contributed by atoms with Crippen LogP contribution in [0.1, 0.15) is 26.3 Å². The molecule has 0 saturated heterocycles. The van der Waals surface area contributed by atoms with E-state index < -0.39 is 0 Å². The molecule has 0 aliphatic carbocycles. The maximum Gasteiger partial charge on any atom is 0.255 e. The molecule has 2 amide bonds. The average molecular weight is 365 g/mol. The van der Waals surface area contributed by atoms with Crippen LogP contribution in [0, 0.1) is 6.92 Å². The summed E-state index contributed by atoms with van der Waals surface area (Å²) >= 11 is 5.91. The lowest BCUT2D eigenvalue weighted by Gasteiger charge is -2.08. The number of amides is 2. The lowest BCUT2D eigenvalue weighted by atomic mass is 10.1. The molecule has 130 valence electrons. The van der Waals surface area contributed by atoms with Crippen molar-refractivity contribution in [2.45, 2.75) is 6.92 Å². The van der Waals surface area contributed by atoms with Crippen LogP contribution in [-0.4, -0.2) is 11.8 Å². The molecule has 3 aromatic carbocycles. The highest BCUT2D eigenvalue weighted by Crippen LogP contribution is 2.17. The summed E-state index contributed by atoms with van der Waals surface area (Å²) in [5.74, 6) is -0.436. The molecule has 0 unspecified atom stereocenters. The number of carbonyl (C=O) groups is 2. The summed E-state index contributed by atoms with van der Waals surface area (Å²) in [7, 11) is 0. The molecule has 0 aromatic heterocycles. The normalized spacial score (nSPS) is 10.2. The molecule has 0 aliphatic heterocycles. The number of halogens is 1. The monoisotopic (exact) mass is 364 g/mol. The second-order valence-corrected chi connectivity index (χ2v) is 6.30. The predicted molar refractivity (Wildman–Crippen MR) is 105 cm³/mol. The third kappa shape index (κ3) is 4.49. The van der Waals surface area contributed by atoms with Gasteiger partial charge in [0, 0.05) is 27.5 Å². The van der Waals surface area contributed by atoms with Crippen LogP contribution in [-0.2, 0) is 0 Å². The molecule has 2 N–H and O–H groups in total. The van der Waals surface area contributed by atoms with Crippen LogP contribution in [0.5, 0.6) is 0 Å². The summed E-state index contributed by atoms with van der Waals surface area (Å²) in [6.45, 7) is 1.93. The van der Waals surface area contributed by atoms with Crippen LogP contribution >= 0.6 is 11.6 Å². The summed E-state index contributed by atoms with van der Waals surface area (Å²) < 4.78 is 0. The number of hydrogen-bond donors (Lipinski definition) is 2. The van der Waals surface area contributed by atoms with Gasteiger partial charge in [0.2, 0.25) is 0 Å². The van der Waals surface area contributed by atoms with Crippen molar-refractivity contribution in [3.8, 4) is 0 Å². The van der Waals surface area contributed by atoms with Crippen molar-refractivity contribution in [3.05, 3.63) is 94.5 Å². The molecule has 0 radical (unpaired) electrons.